The Hall–Kier alpha value is -0.610. The Balaban J connectivity index is 1.91. The quantitative estimate of drug-likeness (QED) is 0.614. The van der Waals surface area contributed by atoms with Crippen molar-refractivity contribution < 1.29 is 9.53 Å². The summed E-state index contributed by atoms with van der Waals surface area (Å²) >= 11 is 0. The van der Waals surface area contributed by atoms with Crippen LogP contribution in [-0.4, -0.2) is 38.8 Å². The summed E-state index contributed by atoms with van der Waals surface area (Å²) in [7, 11) is 1.67. The Kier molecular flexibility index (Phi) is 4.90. The minimum atomic E-state index is 0.0835. The van der Waals surface area contributed by atoms with Crippen LogP contribution in [0.3, 0.4) is 0 Å². The number of carbonyl (C=O) groups excluding carboxylic acids is 1. The third kappa shape index (κ3) is 5.19. The second kappa shape index (κ2) is 5.98. The third-order valence-electron chi connectivity index (χ3n) is 2.40. The molecule has 1 rings (SSSR count). The van der Waals surface area contributed by atoms with Gasteiger partial charge in [0, 0.05) is 20.2 Å². The molecule has 1 atom stereocenters. The largest absolute Gasteiger partial charge is 0.380 e. The molecule has 14 heavy (non-hydrogen) atoms. The zero-order valence-corrected chi connectivity index (χ0v) is 9.01. The van der Waals surface area contributed by atoms with Gasteiger partial charge in [-0.05, 0) is 25.7 Å². The van der Waals surface area contributed by atoms with Crippen molar-refractivity contribution in [1.82, 2.24) is 10.6 Å². The number of rotatable bonds is 7. The molecule has 0 spiro atoms. The molecule has 0 aliphatic heterocycles. The van der Waals surface area contributed by atoms with Gasteiger partial charge in [0.05, 0.1) is 12.6 Å². The summed E-state index contributed by atoms with van der Waals surface area (Å²) in [5.74, 6) is 0.831. The van der Waals surface area contributed by atoms with Gasteiger partial charge in [-0.15, -0.1) is 0 Å². The van der Waals surface area contributed by atoms with Crippen LogP contribution in [0.2, 0.25) is 0 Å². The number of carbonyl (C=O) groups is 1. The minimum absolute atomic E-state index is 0.0835. The number of nitrogens with one attached hydrogen (secondary N) is 2. The van der Waals surface area contributed by atoms with E-state index in [1.54, 1.807) is 7.11 Å². The van der Waals surface area contributed by atoms with E-state index < -0.39 is 0 Å². The van der Waals surface area contributed by atoms with Crippen molar-refractivity contribution in [3.05, 3.63) is 0 Å². The van der Waals surface area contributed by atoms with Gasteiger partial charge in [0.2, 0.25) is 5.91 Å². The first-order valence-electron chi connectivity index (χ1n) is 5.22. The lowest BCUT2D eigenvalue weighted by atomic mass is 10.4. The number of amides is 1. The van der Waals surface area contributed by atoms with Crippen molar-refractivity contribution in [2.45, 2.75) is 25.9 Å². The van der Waals surface area contributed by atoms with Crippen LogP contribution < -0.4 is 10.6 Å². The first kappa shape index (κ1) is 11.5. The number of hydrogen-bond donors (Lipinski definition) is 2. The highest BCUT2D eigenvalue weighted by Gasteiger charge is 2.21. The Morgan fingerprint density at radius 1 is 1.57 bits per heavy atom. The fourth-order valence-corrected chi connectivity index (χ4v) is 1.11. The topological polar surface area (TPSA) is 50.4 Å². The Morgan fingerprint density at radius 2 is 2.29 bits per heavy atom. The summed E-state index contributed by atoms with van der Waals surface area (Å²) in [5.41, 5.74) is 0. The van der Waals surface area contributed by atoms with Gasteiger partial charge in [-0.25, -0.2) is 0 Å². The maximum Gasteiger partial charge on any atom is 0.233 e. The van der Waals surface area contributed by atoms with Gasteiger partial charge in [0.1, 0.15) is 0 Å². The van der Waals surface area contributed by atoms with E-state index in [-0.39, 0.29) is 12.0 Å². The van der Waals surface area contributed by atoms with Gasteiger partial charge >= 0.3 is 0 Å². The van der Waals surface area contributed by atoms with Gasteiger partial charge < -0.3 is 15.4 Å². The van der Waals surface area contributed by atoms with E-state index >= 15 is 0 Å². The molecule has 1 aliphatic rings. The van der Waals surface area contributed by atoms with E-state index in [0.717, 1.165) is 12.5 Å². The highest BCUT2D eigenvalue weighted by Crippen LogP contribution is 2.27. The van der Waals surface area contributed by atoms with Crippen molar-refractivity contribution in [2.24, 2.45) is 5.92 Å². The molecule has 4 nitrogen and oxygen atoms in total. The molecule has 2 N–H and O–H groups in total. The molecule has 1 amide bonds. The van der Waals surface area contributed by atoms with Crippen molar-refractivity contribution in [1.29, 1.82) is 0 Å². The number of methoxy groups -OCH3 is 1. The van der Waals surface area contributed by atoms with Crippen molar-refractivity contribution in [3.63, 3.8) is 0 Å². The van der Waals surface area contributed by atoms with Crippen LogP contribution in [0.15, 0.2) is 0 Å². The number of hydrogen-bond acceptors (Lipinski definition) is 3. The monoisotopic (exact) mass is 200 g/mol. The van der Waals surface area contributed by atoms with Crippen molar-refractivity contribution in [3.8, 4) is 0 Å². The molecule has 0 aromatic carbocycles. The van der Waals surface area contributed by atoms with Crippen LogP contribution in [0.25, 0.3) is 0 Å². The first-order valence-corrected chi connectivity index (χ1v) is 5.22. The molecular weight excluding hydrogens is 180 g/mol. The van der Waals surface area contributed by atoms with E-state index in [9.17, 15) is 4.79 Å². The second-order valence-electron chi connectivity index (χ2n) is 3.92. The average Bonchev–Trinajstić information content (AvgIpc) is 2.98. The van der Waals surface area contributed by atoms with Crippen LogP contribution in [-0.2, 0) is 9.53 Å². The lowest BCUT2D eigenvalue weighted by Gasteiger charge is -2.10. The molecule has 1 saturated carbocycles. The third-order valence-corrected chi connectivity index (χ3v) is 2.40. The summed E-state index contributed by atoms with van der Waals surface area (Å²) in [6, 6.07) is 0. The molecule has 0 bridgehead atoms. The molecule has 1 fully saturated rings. The van der Waals surface area contributed by atoms with Crippen LogP contribution in [0.1, 0.15) is 19.8 Å². The van der Waals surface area contributed by atoms with Gasteiger partial charge in [-0.2, -0.15) is 0 Å². The van der Waals surface area contributed by atoms with Crippen LogP contribution in [0.5, 0.6) is 0 Å². The predicted molar refractivity (Wildman–Crippen MR) is 55.1 cm³/mol. The maximum atomic E-state index is 11.2. The van der Waals surface area contributed by atoms with E-state index in [1.807, 2.05) is 6.92 Å². The lowest BCUT2D eigenvalue weighted by molar-refractivity contribution is -0.120. The standard InChI is InChI=1S/C10H20N2O2/c1-8(14-2)5-11-7-10(13)12-6-9-3-4-9/h8-9,11H,3-7H2,1-2H3,(H,12,13). The van der Waals surface area contributed by atoms with E-state index in [0.29, 0.717) is 13.1 Å². The normalized spacial score (nSPS) is 17.9. The SMILES string of the molecule is COC(C)CNCC(=O)NCC1CC1. The summed E-state index contributed by atoms with van der Waals surface area (Å²) < 4.78 is 5.05. The summed E-state index contributed by atoms with van der Waals surface area (Å²) in [6.07, 6.45) is 2.70. The molecule has 0 heterocycles. The highest BCUT2D eigenvalue weighted by molar-refractivity contribution is 5.77. The molecule has 0 radical (unpaired) electrons. The smallest absolute Gasteiger partial charge is 0.233 e. The first-order chi connectivity index (χ1) is 6.72. The molecule has 1 aliphatic carbocycles. The highest BCUT2D eigenvalue weighted by atomic mass is 16.5. The maximum absolute atomic E-state index is 11.2. The van der Waals surface area contributed by atoms with Crippen molar-refractivity contribution in [2.75, 3.05) is 26.7 Å². The molecule has 4 heteroatoms. The lowest BCUT2D eigenvalue weighted by Crippen LogP contribution is -2.37. The Bertz CT molecular complexity index is 181. The Labute approximate surface area is 85.4 Å². The minimum Gasteiger partial charge on any atom is -0.380 e. The predicted octanol–water partition coefficient (Wildman–Crippen LogP) is 0.137. The van der Waals surface area contributed by atoms with Gasteiger partial charge in [-0.1, -0.05) is 0 Å². The zero-order valence-electron chi connectivity index (χ0n) is 9.01. The van der Waals surface area contributed by atoms with E-state index in [1.165, 1.54) is 12.8 Å². The summed E-state index contributed by atoms with van der Waals surface area (Å²) in [4.78, 5) is 11.2. The zero-order chi connectivity index (χ0) is 10.4. The molecule has 0 saturated heterocycles. The van der Waals surface area contributed by atoms with Crippen LogP contribution >= 0.6 is 0 Å². The molecule has 0 aromatic rings. The van der Waals surface area contributed by atoms with E-state index in [2.05, 4.69) is 10.6 Å². The van der Waals surface area contributed by atoms with Gasteiger partial charge in [0.15, 0.2) is 0 Å². The van der Waals surface area contributed by atoms with Gasteiger partial charge in [0.25, 0.3) is 0 Å². The molecule has 82 valence electrons. The summed E-state index contributed by atoms with van der Waals surface area (Å²) in [6.45, 7) is 3.92. The second-order valence-corrected chi connectivity index (χ2v) is 3.92. The van der Waals surface area contributed by atoms with Crippen LogP contribution in [0.4, 0.5) is 0 Å². The van der Waals surface area contributed by atoms with Gasteiger partial charge in [-0.3, -0.25) is 4.79 Å². The van der Waals surface area contributed by atoms with Crippen molar-refractivity contribution >= 4 is 5.91 Å². The number of ether oxygens (including phenoxy) is 1. The Morgan fingerprint density at radius 3 is 2.86 bits per heavy atom. The van der Waals surface area contributed by atoms with Crippen LogP contribution in [0, 0.1) is 5.92 Å². The summed E-state index contributed by atoms with van der Waals surface area (Å²) in [5, 5.41) is 5.94. The molecule has 1 unspecified atom stereocenters. The average molecular weight is 200 g/mol. The fourth-order valence-electron chi connectivity index (χ4n) is 1.11. The van der Waals surface area contributed by atoms with E-state index in [4.69, 9.17) is 4.74 Å². The molecule has 0 aromatic heterocycles. The molecular formula is C10H20N2O2. The fraction of sp³-hybridized carbons (Fsp3) is 0.900.